The van der Waals surface area contributed by atoms with Gasteiger partial charge in [0.1, 0.15) is 5.82 Å². The second kappa shape index (κ2) is 5.97. The lowest BCUT2D eigenvalue weighted by Crippen LogP contribution is -2.42. The molecule has 4 nitrogen and oxygen atoms in total. The normalized spacial score (nSPS) is 13.4. The predicted molar refractivity (Wildman–Crippen MR) is 80.6 cm³/mol. The summed E-state index contributed by atoms with van der Waals surface area (Å²) in [6.45, 7) is 0.889. The Balaban J connectivity index is 1.70. The molecule has 0 spiro atoms. The van der Waals surface area contributed by atoms with Crippen molar-refractivity contribution >= 4 is 17.5 Å². The number of fused-ring (bicyclic) bond motifs is 1. The standard InChI is InChI=1S/C17H15FN2O2/c18-14-7-3-4-8-15(14)19-16(21)17(22)20-10-9-12-5-1-2-6-13(12)11-20/h1-8H,9-11H2,(H,19,21). The van der Waals surface area contributed by atoms with E-state index >= 15 is 0 Å². The van der Waals surface area contributed by atoms with Gasteiger partial charge in [-0.1, -0.05) is 36.4 Å². The molecule has 2 aromatic carbocycles. The van der Waals surface area contributed by atoms with Crippen molar-refractivity contribution in [2.24, 2.45) is 0 Å². The number of anilines is 1. The number of rotatable bonds is 1. The van der Waals surface area contributed by atoms with Crippen molar-refractivity contribution in [1.29, 1.82) is 0 Å². The smallest absolute Gasteiger partial charge is 0.313 e. The summed E-state index contributed by atoms with van der Waals surface area (Å²) in [7, 11) is 0. The van der Waals surface area contributed by atoms with Crippen LogP contribution in [-0.4, -0.2) is 23.3 Å². The first kappa shape index (κ1) is 14.3. The van der Waals surface area contributed by atoms with Crippen LogP contribution in [0.1, 0.15) is 11.1 Å². The highest BCUT2D eigenvalue weighted by molar-refractivity contribution is 6.39. The van der Waals surface area contributed by atoms with E-state index in [4.69, 9.17) is 0 Å². The lowest BCUT2D eigenvalue weighted by molar-refractivity contribution is -0.143. The Morgan fingerprint density at radius 2 is 1.68 bits per heavy atom. The maximum Gasteiger partial charge on any atom is 0.313 e. The summed E-state index contributed by atoms with van der Waals surface area (Å²) in [5.41, 5.74) is 2.25. The number of para-hydroxylation sites is 1. The van der Waals surface area contributed by atoms with Crippen LogP contribution in [0, 0.1) is 5.82 Å². The van der Waals surface area contributed by atoms with E-state index in [1.807, 2.05) is 24.3 Å². The van der Waals surface area contributed by atoms with Crippen LogP contribution < -0.4 is 5.32 Å². The molecule has 1 aliphatic heterocycles. The number of hydrogen-bond acceptors (Lipinski definition) is 2. The number of carbonyl (C=O) groups is 2. The molecule has 112 valence electrons. The van der Waals surface area contributed by atoms with Crippen molar-refractivity contribution in [3.05, 3.63) is 65.5 Å². The van der Waals surface area contributed by atoms with E-state index in [2.05, 4.69) is 5.32 Å². The highest BCUT2D eigenvalue weighted by Crippen LogP contribution is 2.19. The fraction of sp³-hybridized carbons (Fsp3) is 0.176. The van der Waals surface area contributed by atoms with Gasteiger partial charge in [0.2, 0.25) is 0 Å². The van der Waals surface area contributed by atoms with Crippen molar-refractivity contribution < 1.29 is 14.0 Å². The van der Waals surface area contributed by atoms with Crippen LogP contribution in [0.5, 0.6) is 0 Å². The molecule has 5 heteroatoms. The summed E-state index contributed by atoms with van der Waals surface area (Å²) in [5, 5.41) is 2.33. The van der Waals surface area contributed by atoms with Crippen LogP contribution in [0.25, 0.3) is 0 Å². The Bertz CT molecular complexity index is 730. The molecule has 2 amide bonds. The molecule has 0 saturated carbocycles. The van der Waals surface area contributed by atoms with Crippen molar-refractivity contribution in [3.8, 4) is 0 Å². The Kier molecular flexibility index (Phi) is 3.87. The van der Waals surface area contributed by atoms with Gasteiger partial charge in [-0.15, -0.1) is 0 Å². The van der Waals surface area contributed by atoms with Crippen LogP contribution in [0.3, 0.4) is 0 Å². The first-order chi connectivity index (χ1) is 10.6. The largest absolute Gasteiger partial charge is 0.330 e. The topological polar surface area (TPSA) is 49.4 Å². The predicted octanol–water partition coefficient (Wildman–Crippen LogP) is 2.35. The number of nitrogens with zero attached hydrogens (tertiary/aromatic N) is 1. The minimum atomic E-state index is -0.815. The first-order valence-electron chi connectivity index (χ1n) is 7.07. The number of hydrogen-bond donors (Lipinski definition) is 1. The molecule has 3 rings (SSSR count). The second-order valence-electron chi connectivity index (χ2n) is 5.18. The molecule has 1 aliphatic rings. The van der Waals surface area contributed by atoms with Gasteiger partial charge < -0.3 is 10.2 Å². The molecular formula is C17H15FN2O2. The first-order valence-corrected chi connectivity index (χ1v) is 7.07. The van der Waals surface area contributed by atoms with E-state index in [1.165, 1.54) is 28.7 Å². The van der Waals surface area contributed by atoms with Gasteiger partial charge >= 0.3 is 11.8 Å². The molecule has 0 unspecified atom stereocenters. The van der Waals surface area contributed by atoms with Gasteiger partial charge in [0.25, 0.3) is 0 Å². The van der Waals surface area contributed by atoms with Crippen LogP contribution in [0.4, 0.5) is 10.1 Å². The molecule has 2 aromatic rings. The molecular weight excluding hydrogens is 283 g/mol. The molecule has 0 bridgehead atoms. The molecule has 0 saturated heterocycles. The molecule has 1 N–H and O–H groups in total. The van der Waals surface area contributed by atoms with Gasteiger partial charge in [-0.3, -0.25) is 9.59 Å². The molecule has 1 heterocycles. The quantitative estimate of drug-likeness (QED) is 0.822. The summed E-state index contributed by atoms with van der Waals surface area (Å²) in [5.74, 6) is -2.02. The number of nitrogens with one attached hydrogen (secondary N) is 1. The maximum atomic E-state index is 13.5. The zero-order valence-electron chi connectivity index (χ0n) is 11.9. The maximum absolute atomic E-state index is 13.5. The molecule has 0 fully saturated rings. The Labute approximate surface area is 127 Å². The van der Waals surface area contributed by atoms with Crippen molar-refractivity contribution in [2.45, 2.75) is 13.0 Å². The van der Waals surface area contributed by atoms with Crippen molar-refractivity contribution in [3.63, 3.8) is 0 Å². The fourth-order valence-corrected chi connectivity index (χ4v) is 2.55. The van der Waals surface area contributed by atoms with E-state index in [-0.39, 0.29) is 5.69 Å². The van der Waals surface area contributed by atoms with Crippen LogP contribution >= 0.6 is 0 Å². The molecule has 0 aliphatic carbocycles. The number of amides is 2. The van der Waals surface area contributed by atoms with Gasteiger partial charge in [-0.2, -0.15) is 0 Å². The van der Waals surface area contributed by atoms with Crippen LogP contribution in [-0.2, 0) is 22.6 Å². The molecule has 0 aromatic heterocycles. The minimum absolute atomic E-state index is 0.0123. The second-order valence-corrected chi connectivity index (χ2v) is 5.18. The zero-order chi connectivity index (χ0) is 15.5. The molecule has 0 atom stereocenters. The average molecular weight is 298 g/mol. The monoisotopic (exact) mass is 298 g/mol. The lowest BCUT2D eigenvalue weighted by atomic mass is 10.00. The van der Waals surface area contributed by atoms with Crippen LogP contribution in [0.15, 0.2) is 48.5 Å². The van der Waals surface area contributed by atoms with E-state index < -0.39 is 17.6 Å². The van der Waals surface area contributed by atoms with Gasteiger partial charge in [-0.25, -0.2) is 4.39 Å². The van der Waals surface area contributed by atoms with Crippen LogP contribution in [0.2, 0.25) is 0 Å². The number of carbonyl (C=O) groups excluding carboxylic acids is 2. The summed E-state index contributed by atoms with van der Waals surface area (Å²) in [6, 6.07) is 13.6. The Morgan fingerprint density at radius 1 is 1.00 bits per heavy atom. The van der Waals surface area contributed by atoms with Crippen molar-refractivity contribution in [2.75, 3.05) is 11.9 Å². The SMILES string of the molecule is O=C(Nc1ccccc1F)C(=O)N1CCc2ccccc2C1. The fourth-order valence-electron chi connectivity index (χ4n) is 2.55. The zero-order valence-corrected chi connectivity index (χ0v) is 11.9. The van der Waals surface area contributed by atoms with E-state index in [0.717, 1.165) is 12.0 Å². The highest BCUT2D eigenvalue weighted by atomic mass is 19.1. The molecule has 0 radical (unpaired) electrons. The number of halogens is 1. The molecule has 22 heavy (non-hydrogen) atoms. The third-order valence-electron chi connectivity index (χ3n) is 3.73. The lowest BCUT2D eigenvalue weighted by Gasteiger charge is -2.28. The minimum Gasteiger partial charge on any atom is -0.330 e. The van der Waals surface area contributed by atoms with E-state index in [1.54, 1.807) is 6.07 Å². The third-order valence-corrected chi connectivity index (χ3v) is 3.73. The number of benzene rings is 2. The van der Waals surface area contributed by atoms with Gasteiger partial charge in [0.15, 0.2) is 0 Å². The highest BCUT2D eigenvalue weighted by Gasteiger charge is 2.26. The van der Waals surface area contributed by atoms with E-state index in [0.29, 0.717) is 13.1 Å². The van der Waals surface area contributed by atoms with Gasteiger partial charge in [0, 0.05) is 13.1 Å². The summed E-state index contributed by atoms with van der Waals surface area (Å²) < 4.78 is 13.5. The summed E-state index contributed by atoms with van der Waals surface area (Å²) >= 11 is 0. The van der Waals surface area contributed by atoms with Crippen molar-refractivity contribution in [1.82, 2.24) is 4.90 Å². The summed E-state index contributed by atoms with van der Waals surface area (Å²) in [4.78, 5) is 25.7. The summed E-state index contributed by atoms with van der Waals surface area (Å²) in [6.07, 6.45) is 0.717. The third kappa shape index (κ3) is 2.83. The van der Waals surface area contributed by atoms with Gasteiger partial charge in [0.05, 0.1) is 5.69 Å². The van der Waals surface area contributed by atoms with Gasteiger partial charge in [-0.05, 0) is 29.7 Å². The Morgan fingerprint density at radius 3 is 2.45 bits per heavy atom. The average Bonchev–Trinajstić information content (AvgIpc) is 2.55. The van der Waals surface area contributed by atoms with E-state index in [9.17, 15) is 14.0 Å². The Hall–Kier alpha value is -2.69.